The fraction of sp³-hybridized carbons (Fsp3) is 1.00. The van der Waals surface area contributed by atoms with E-state index in [1.807, 2.05) is 0 Å². The van der Waals surface area contributed by atoms with Crippen LogP contribution in [0.15, 0.2) is 0 Å². The van der Waals surface area contributed by atoms with Gasteiger partial charge in [-0.15, -0.1) is 0 Å². The van der Waals surface area contributed by atoms with Crippen LogP contribution in [0, 0.1) is 5.41 Å². The predicted molar refractivity (Wildman–Crippen MR) is 75.9 cm³/mol. The summed E-state index contributed by atoms with van der Waals surface area (Å²) in [5.74, 6) is 0. The number of hydrogen-bond donors (Lipinski definition) is 1. The molecular formula is C15H31NO2. The maximum Gasteiger partial charge on any atom is 0.0704 e. The van der Waals surface area contributed by atoms with E-state index in [4.69, 9.17) is 9.47 Å². The maximum absolute atomic E-state index is 6.04. The molecule has 0 aromatic rings. The van der Waals surface area contributed by atoms with Crippen molar-refractivity contribution in [1.82, 2.24) is 5.32 Å². The van der Waals surface area contributed by atoms with Crippen LogP contribution in [0.1, 0.15) is 53.9 Å². The Hall–Kier alpha value is -0.120. The summed E-state index contributed by atoms with van der Waals surface area (Å²) in [6.45, 7) is 13.4. The standard InChI is InChI=1S/C15H31NO2/c1-6-15(7-2)13(16-8-3)11-14(15)18-10-9-17-12(4)5/h12-14,16H,6-11H2,1-5H3. The average Bonchev–Trinajstić information content (AvgIpc) is 2.33. The monoisotopic (exact) mass is 257 g/mol. The molecule has 0 aromatic heterocycles. The minimum Gasteiger partial charge on any atom is -0.376 e. The lowest BCUT2D eigenvalue weighted by Crippen LogP contribution is -2.63. The van der Waals surface area contributed by atoms with E-state index in [2.05, 4.69) is 39.9 Å². The molecule has 0 bridgehead atoms. The molecule has 0 aliphatic heterocycles. The molecular weight excluding hydrogens is 226 g/mol. The molecule has 108 valence electrons. The van der Waals surface area contributed by atoms with Gasteiger partial charge >= 0.3 is 0 Å². The normalized spacial score (nSPS) is 26.3. The van der Waals surface area contributed by atoms with Crippen LogP contribution < -0.4 is 5.32 Å². The van der Waals surface area contributed by atoms with E-state index in [0.717, 1.165) is 19.6 Å². The van der Waals surface area contributed by atoms with Crippen LogP contribution in [0.25, 0.3) is 0 Å². The van der Waals surface area contributed by atoms with Crippen LogP contribution in [0.5, 0.6) is 0 Å². The molecule has 1 rings (SSSR count). The SMILES string of the molecule is CCNC1CC(OCCOC(C)C)C1(CC)CC. The van der Waals surface area contributed by atoms with E-state index in [9.17, 15) is 0 Å². The van der Waals surface area contributed by atoms with Crippen molar-refractivity contribution in [1.29, 1.82) is 0 Å². The average molecular weight is 257 g/mol. The topological polar surface area (TPSA) is 30.5 Å². The minimum atomic E-state index is 0.298. The Labute approximate surface area is 113 Å². The fourth-order valence-electron chi connectivity index (χ4n) is 3.19. The number of rotatable bonds is 9. The van der Waals surface area contributed by atoms with Gasteiger partial charge in [-0.05, 0) is 39.7 Å². The number of nitrogens with one attached hydrogen (secondary N) is 1. The predicted octanol–water partition coefficient (Wildman–Crippen LogP) is 2.98. The molecule has 0 saturated heterocycles. The van der Waals surface area contributed by atoms with Gasteiger partial charge in [-0.2, -0.15) is 0 Å². The van der Waals surface area contributed by atoms with Gasteiger partial charge in [0.2, 0.25) is 0 Å². The molecule has 1 aliphatic rings. The zero-order valence-electron chi connectivity index (χ0n) is 12.8. The van der Waals surface area contributed by atoms with E-state index < -0.39 is 0 Å². The minimum absolute atomic E-state index is 0.298. The van der Waals surface area contributed by atoms with Gasteiger partial charge < -0.3 is 14.8 Å². The summed E-state index contributed by atoms with van der Waals surface area (Å²) in [4.78, 5) is 0. The summed E-state index contributed by atoms with van der Waals surface area (Å²) < 4.78 is 11.6. The first-order valence-electron chi connectivity index (χ1n) is 7.57. The lowest BCUT2D eigenvalue weighted by atomic mass is 9.58. The first-order chi connectivity index (χ1) is 8.60. The molecule has 0 spiro atoms. The van der Waals surface area contributed by atoms with Gasteiger partial charge in [-0.25, -0.2) is 0 Å². The van der Waals surface area contributed by atoms with Crippen LogP contribution in [0.3, 0.4) is 0 Å². The van der Waals surface area contributed by atoms with Crippen molar-refractivity contribution in [2.45, 2.75) is 72.1 Å². The van der Waals surface area contributed by atoms with E-state index in [1.54, 1.807) is 0 Å². The van der Waals surface area contributed by atoms with E-state index >= 15 is 0 Å². The molecule has 1 saturated carbocycles. The first-order valence-corrected chi connectivity index (χ1v) is 7.57. The second-order valence-electron chi connectivity index (χ2n) is 5.57. The molecule has 1 aliphatic carbocycles. The molecule has 0 aromatic carbocycles. The Balaban J connectivity index is 2.37. The van der Waals surface area contributed by atoms with Crippen LogP contribution in [-0.2, 0) is 9.47 Å². The van der Waals surface area contributed by atoms with Crippen LogP contribution in [0.4, 0.5) is 0 Å². The van der Waals surface area contributed by atoms with Gasteiger partial charge in [-0.1, -0.05) is 20.8 Å². The third-order valence-electron chi connectivity index (χ3n) is 4.41. The number of ether oxygens (including phenoxy) is 2. The smallest absolute Gasteiger partial charge is 0.0704 e. The summed E-state index contributed by atoms with van der Waals surface area (Å²) in [6.07, 6.45) is 4.24. The van der Waals surface area contributed by atoms with Crippen molar-refractivity contribution >= 4 is 0 Å². The maximum atomic E-state index is 6.04. The highest BCUT2D eigenvalue weighted by molar-refractivity contribution is 5.06. The highest BCUT2D eigenvalue weighted by atomic mass is 16.5. The van der Waals surface area contributed by atoms with Gasteiger partial charge in [0.1, 0.15) is 0 Å². The van der Waals surface area contributed by atoms with Gasteiger partial charge in [0.05, 0.1) is 25.4 Å². The molecule has 2 unspecified atom stereocenters. The highest BCUT2D eigenvalue weighted by Crippen LogP contribution is 2.48. The molecule has 0 heterocycles. The second-order valence-corrected chi connectivity index (χ2v) is 5.57. The Morgan fingerprint density at radius 2 is 1.83 bits per heavy atom. The van der Waals surface area contributed by atoms with Gasteiger partial charge in [-0.3, -0.25) is 0 Å². The van der Waals surface area contributed by atoms with Crippen LogP contribution in [-0.4, -0.2) is 38.0 Å². The molecule has 3 nitrogen and oxygen atoms in total. The third kappa shape index (κ3) is 3.46. The van der Waals surface area contributed by atoms with Gasteiger partial charge in [0.15, 0.2) is 0 Å². The largest absolute Gasteiger partial charge is 0.376 e. The fourth-order valence-corrected chi connectivity index (χ4v) is 3.19. The van der Waals surface area contributed by atoms with Gasteiger partial charge in [0.25, 0.3) is 0 Å². The van der Waals surface area contributed by atoms with E-state index in [-0.39, 0.29) is 0 Å². The van der Waals surface area contributed by atoms with E-state index in [1.165, 1.54) is 12.8 Å². The second kappa shape index (κ2) is 7.46. The summed E-state index contributed by atoms with van der Waals surface area (Å²) in [5.41, 5.74) is 0.341. The Bertz CT molecular complexity index is 227. The zero-order valence-corrected chi connectivity index (χ0v) is 12.8. The Morgan fingerprint density at radius 1 is 1.17 bits per heavy atom. The quantitative estimate of drug-likeness (QED) is 0.644. The highest BCUT2D eigenvalue weighted by Gasteiger charge is 2.52. The van der Waals surface area contributed by atoms with E-state index in [0.29, 0.717) is 30.3 Å². The summed E-state index contributed by atoms with van der Waals surface area (Å²) in [7, 11) is 0. The molecule has 0 amide bonds. The van der Waals surface area contributed by atoms with Crippen molar-refractivity contribution < 1.29 is 9.47 Å². The molecule has 3 heteroatoms. The van der Waals surface area contributed by atoms with Crippen molar-refractivity contribution in [3.05, 3.63) is 0 Å². The summed E-state index contributed by atoms with van der Waals surface area (Å²) in [6, 6.07) is 0.633. The zero-order chi connectivity index (χ0) is 13.6. The molecule has 1 N–H and O–H groups in total. The van der Waals surface area contributed by atoms with Gasteiger partial charge in [0, 0.05) is 11.5 Å². The third-order valence-corrected chi connectivity index (χ3v) is 4.41. The summed E-state index contributed by atoms with van der Waals surface area (Å²) in [5, 5.41) is 3.60. The van der Waals surface area contributed by atoms with Crippen LogP contribution in [0.2, 0.25) is 0 Å². The molecule has 0 radical (unpaired) electrons. The van der Waals surface area contributed by atoms with Crippen molar-refractivity contribution in [3.63, 3.8) is 0 Å². The number of hydrogen-bond acceptors (Lipinski definition) is 3. The lowest BCUT2D eigenvalue weighted by Gasteiger charge is -2.55. The molecule has 1 fully saturated rings. The Kier molecular flexibility index (Phi) is 6.61. The Morgan fingerprint density at radius 3 is 2.33 bits per heavy atom. The molecule has 18 heavy (non-hydrogen) atoms. The van der Waals surface area contributed by atoms with Crippen LogP contribution >= 0.6 is 0 Å². The van der Waals surface area contributed by atoms with Crippen molar-refractivity contribution in [2.75, 3.05) is 19.8 Å². The van der Waals surface area contributed by atoms with Crippen molar-refractivity contribution in [3.8, 4) is 0 Å². The molecule has 2 atom stereocenters. The lowest BCUT2D eigenvalue weighted by molar-refractivity contribution is -0.149. The van der Waals surface area contributed by atoms with Crippen molar-refractivity contribution in [2.24, 2.45) is 5.41 Å². The summed E-state index contributed by atoms with van der Waals surface area (Å²) >= 11 is 0. The first kappa shape index (κ1) is 15.9.